The zero-order valence-corrected chi connectivity index (χ0v) is 22.6. The van der Waals surface area contributed by atoms with Gasteiger partial charge in [-0.25, -0.2) is 19.1 Å². The van der Waals surface area contributed by atoms with E-state index in [0.29, 0.717) is 11.7 Å². The summed E-state index contributed by atoms with van der Waals surface area (Å²) in [6.07, 6.45) is 12.0. The van der Waals surface area contributed by atoms with E-state index < -0.39 is 23.7 Å². The van der Waals surface area contributed by atoms with Gasteiger partial charge in [-0.1, -0.05) is 13.8 Å². The Balaban J connectivity index is 1.61. The van der Waals surface area contributed by atoms with E-state index in [0.717, 1.165) is 35.2 Å². The lowest BCUT2D eigenvalue weighted by Crippen LogP contribution is -2.46. The number of hydrogen-bond acceptors (Lipinski definition) is 8. The molecule has 1 N–H and O–H groups in total. The molecule has 1 atom stereocenters. The Kier molecular flexibility index (Phi) is 7.79. The van der Waals surface area contributed by atoms with Crippen molar-refractivity contribution in [3.63, 3.8) is 0 Å². The lowest BCUT2D eigenvalue weighted by Gasteiger charge is -2.22. The van der Waals surface area contributed by atoms with E-state index in [9.17, 15) is 9.59 Å². The standard InChI is InChI=1S/C26H34N8O4/c1-7-19(8-2)33-14-18(12-29-33)23-22-9-10-27-34(22)16-20(30-23)17-11-28-32(13-17)15-21(24(35)37-6)31-25(36)38-26(3,4)5/h9-14,16,19,21H,7-8,15H2,1-6H3,(H,31,36)/t21-/m0/s1. The number of aromatic nitrogens is 7. The fourth-order valence-electron chi connectivity index (χ4n) is 4.16. The third kappa shape index (κ3) is 6.01. The molecule has 38 heavy (non-hydrogen) atoms. The van der Waals surface area contributed by atoms with Crippen molar-refractivity contribution in [3.8, 4) is 22.5 Å². The Morgan fingerprint density at radius 2 is 1.76 bits per heavy atom. The number of esters is 1. The highest BCUT2D eigenvalue weighted by Gasteiger charge is 2.26. The summed E-state index contributed by atoms with van der Waals surface area (Å²) in [6, 6.07) is 1.24. The van der Waals surface area contributed by atoms with Gasteiger partial charge in [0.1, 0.15) is 11.6 Å². The van der Waals surface area contributed by atoms with Crippen LogP contribution in [0.3, 0.4) is 0 Å². The maximum Gasteiger partial charge on any atom is 0.408 e. The van der Waals surface area contributed by atoms with Crippen LogP contribution in [0, 0.1) is 0 Å². The predicted molar refractivity (Wildman–Crippen MR) is 140 cm³/mol. The van der Waals surface area contributed by atoms with Crippen LogP contribution >= 0.6 is 0 Å². The molecule has 0 radical (unpaired) electrons. The van der Waals surface area contributed by atoms with Gasteiger partial charge in [-0.05, 0) is 39.7 Å². The predicted octanol–water partition coefficient (Wildman–Crippen LogP) is 3.88. The van der Waals surface area contributed by atoms with Gasteiger partial charge in [0.25, 0.3) is 0 Å². The molecule has 4 heterocycles. The summed E-state index contributed by atoms with van der Waals surface area (Å²) in [5.74, 6) is -0.610. The molecule has 0 spiro atoms. The fourth-order valence-corrected chi connectivity index (χ4v) is 4.16. The van der Waals surface area contributed by atoms with Gasteiger partial charge in [0, 0.05) is 23.5 Å². The van der Waals surface area contributed by atoms with Crippen LogP contribution in [-0.2, 0) is 20.8 Å². The summed E-state index contributed by atoms with van der Waals surface area (Å²) in [7, 11) is 1.26. The molecule has 0 saturated heterocycles. The first-order valence-corrected chi connectivity index (χ1v) is 12.6. The molecule has 202 valence electrons. The number of rotatable bonds is 9. The molecule has 4 aromatic rings. The second kappa shape index (κ2) is 11.0. The second-order valence-electron chi connectivity index (χ2n) is 9.99. The van der Waals surface area contributed by atoms with E-state index in [-0.39, 0.29) is 6.54 Å². The molecule has 0 saturated carbocycles. The summed E-state index contributed by atoms with van der Waals surface area (Å²) in [6.45, 7) is 9.57. The summed E-state index contributed by atoms with van der Waals surface area (Å²) < 4.78 is 15.4. The summed E-state index contributed by atoms with van der Waals surface area (Å²) in [5, 5.41) is 15.9. The summed E-state index contributed by atoms with van der Waals surface area (Å²) in [4.78, 5) is 29.5. The molecule has 12 heteroatoms. The molecule has 0 bridgehead atoms. The molecule has 0 fully saturated rings. The van der Waals surface area contributed by atoms with Gasteiger partial charge in [-0.15, -0.1) is 0 Å². The number of amides is 1. The second-order valence-corrected chi connectivity index (χ2v) is 9.99. The highest BCUT2D eigenvalue weighted by molar-refractivity contribution is 5.81. The van der Waals surface area contributed by atoms with E-state index in [1.54, 1.807) is 48.6 Å². The van der Waals surface area contributed by atoms with Crippen LogP contribution in [0.25, 0.3) is 28.0 Å². The minimum absolute atomic E-state index is 0.0466. The van der Waals surface area contributed by atoms with Gasteiger partial charge in [0.2, 0.25) is 0 Å². The first-order chi connectivity index (χ1) is 18.1. The SMILES string of the molecule is CCC(CC)n1cc(-c2nc(-c3cnn(C[C@H](NC(=O)OC(C)(C)C)C(=O)OC)c3)cn3nccc23)cn1. The maximum absolute atomic E-state index is 12.3. The van der Waals surface area contributed by atoms with Crippen molar-refractivity contribution in [3.05, 3.63) is 43.2 Å². The fraction of sp³-hybridized carbons (Fsp3) is 0.462. The van der Waals surface area contributed by atoms with Crippen molar-refractivity contribution in [2.75, 3.05) is 7.11 Å². The van der Waals surface area contributed by atoms with Gasteiger partial charge >= 0.3 is 12.1 Å². The Hall–Kier alpha value is -4.22. The topological polar surface area (TPSA) is 130 Å². The van der Waals surface area contributed by atoms with Crippen molar-refractivity contribution >= 4 is 17.6 Å². The van der Waals surface area contributed by atoms with Crippen LogP contribution in [-0.4, -0.2) is 65.0 Å². The van der Waals surface area contributed by atoms with Crippen LogP contribution in [0.1, 0.15) is 53.5 Å². The monoisotopic (exact) mass is 522 g/mol. The van der Waals surface area contributed by atoms with Crippen molar-refractivity contribution in [1.82, 2.24) is 39.5 Å². The van der Waals surface area contributed by atoms with E-state index >= 15 is 0 Å². The van der Waals surface area contributed by atoms with Crippen LogP contribution in [0.5, 0.6) is 0 Å². The quantitative estimate of drug-likeness (QED) is 0.328. The lowest BCUT2D eigenvalue weighted by molar-refractivity contribution is -0.143. The van der Waals surface area contributed by atoms with E-state index in [4.69, 9.17) is 14.5 Å². The number of methoxy groups -OCH3 is 1. The van der Waals surface area contributed by atoms with Gasteiger partial charge in [-0.3, -0.25) is 9.36 Å². The third-order valence-electron chi connectivity index (χ3n) is 6.06. The van der Waals surface area contributed by atoms with E-state index in [2.05, 4.69) is 34.5 Å². The molecule has 0 aliphatic heterocycles. The summed E-state index contributed by atoms with van der Waals surface area (Å²) >= 11 is 0. The molecular formula is C26H34N8O4. The molecule has 0 unspecified atom stereocenters. The van der Waals surface area contributed by atoms with E-state index in [1.807, 2.05) is 29.3 Å². The van der Waals surface area contributed by atoms with Crippen molar-refractivity contribution in [2.24, 2.45) is 0 Å². The molecular weight excluding hydrogens is 488 g/mol. The van der Waals surface area contributed by atoms with Crippen molar-refractivity contribution in [2.45, 2.75) is 71.7 Å². The lowest BCUT2D eigenvalue weighted by atomic mass is 10.1. The van der Waals surface area contributed by atoms with Crippen molar-refractivity contribution in [1.29, 1.82) is 0 Å². The Morgan fingerprint density at radius 3 is 2.45 bits per heavy atom. The number of nitrogens with zero attached hydrogens (tertiary/aromatic N) is 7. The smallest absolute Gasteiger partial charge is 0.408 e. The number of carbonyl (C=O) groups is 2. The van der Waals surface area contributed by atoms with Gasteiger partial charge in [-0.2, -0.15) is 15.3 Å². The summed E-state index contributed by atoms with van der Waals surface area (Å²) in [5.41, 5.74) is 3.16. The number of nitrogens with one attached hydrogen (secondary N) is 1. The van der Waals surface area contributed by atoms with Gasteiger partial charge < -0.3 is 14.8 Å². The molecule has 12 nitrogen and oxygen atoms in total. The Bertz CT molecular complexity index is 1410. The first kappa shape index (κ1) is 26.8. The van der Waals surface area contributed by atoms with Gasteiger partial charge in [0.05, 0.1) is 61.4 Å². The minimum atomic E-state index is -0.990. The average Bonchev–Trinajstić information content (AvgIpc) is 3.63. The molecule has 0 aliphatic rings. The van der Waals surface area contributed by atoms with Gasteiger partial charge in [0.15, 0.2) is 0 Å². The minimum Gasteiger partial charge on any atom is -0.467 e. The molecule has 0 aliphatic carbocycles. The Labute approximate surface area is 220 Å². The average molecular weight is 523 g/mol. The normalized spacial score (nSPS) is 12.6. The number of hydrogen-bond donors (Lipinski definition) is 1. The van der Waals surface area contributed by atoms with Crippen LogP contribution < -0.4 is 5.32 Å². The molecule has 0 aromatic carbocycles. The highest BCUT2D eigenvalue weighted by Crippen LogP contribution is 2.28. The first-order valence-electron chi connectivity index (χ1n) is 12.6. The molecule has 4 rings (SSSR count). The number of alkyl carbamates (subject to hydrolysis) is 1. The number of carbonyl (C=O) groups excluding carboxylic acids is 2. The zero-order valence-electron chi connectivity index (χ0n) is 22.6. The van der Waals surface area contributed by atoms with Crippen LogP contribution in [0.15, 0.2) is 43.2 Å². The zero-order chi connectivity index (χ0) is 27.4. The largest absolute Gasteiger partial charge is 0.467 e. The third-order valence-corrected chi connectivity index (χ3v) is 6.06. The molecule has 1 amide bonds. The number of ether oxygens (including phenoxy) is 2. The Morgan fingerprint density at radius 1 is 1.03 bits per heavy atom. The number of fused-ring (bicyclic) bond motifs is 1. The molecule has 4 aromatic heterocycles. The van der Waals surface area contributed by atoms with Crippen molar-refractivity contribution < 1.29 is 19.1 Å². The van der Waals surface area contributed by atoms with Crippen LogP contribution in [0.2, 0.25) is 0 Å². The van der Waals surface area contributed by atoms with E-state index in [1.165, 1.54) is 7.11 Å². The highest BCUT2D eigenvalue weighted by atomic mass is 16.6. The maximum atomic E-state index is 12.3. The van der Waals surface area contributed by atoms with Crippen LogP contribution in [0.4, 0.5) is 4.79 Å².